The molecule has 1 fully saturated rings. The van der Waals surface area contributed by atoms with Gasteiger partial charge in [0.15, 0.2) is 0 Å². The third kappa shape index (κ3) is 5.14. The molecule has 4 nitrogen and oxygen atoms in total. The van der Waals surface area contributed by atoms with Crippen LogP contribution in [0.4, 0.5) is 0 Å². The largest absolute Gasteiger partial charge is 0.379 e. The van der Waals surface area contributed by atoms with Crippen molar-refractivity contribution in [2.75, 3.05) is 26.3 Å². The van der Waals surface area contributed by atoms with Crippen molar-refractivity contribution in [3.8, 4) is 0 Å². The Balaban J connectivity index is 1.89. The Bertz CT molecular complexity index is 474. The summed E-state index contributed by atoms with van der Waals surface area (Å²) >= 11 is 0. The smallest absolute Gasteiger partial charge is 0.225 e. The van der Waals surface area contributed by atoms with Crippen molar-refractivity contribution in [2.45, 2.75) is 33.9 Å². The number of nitrogens with one attached hydrogen (secondary N) is 1. The molecule has 0 bridgehead atoms. The number of morpholine rings is 1. The SMILES string of the molecule is CC(C)(C)C(=O)NCc1cccc(CN2CCOCC2)c1. The molecule has 116 valence electrons. The zero-order valence-electron chi connectivity index (χ0n) is 13.3. The van der Waals surface area contributed by atoms with E-state index < -0.39 is 0 Å². The minimum Gasteiger partial charge on any atom is -0.379 e. The number of carbonyl (C=O) groups excluding carboxylic acids is 1. The third-order valence-electron chi connectivity index (χ3n) is 3.64. The van der Waals surface area contributed by atoms with Crippen LogP contribution in [0.5, 0.6) is 0 Å². The number of rotatable bonds is 4. The molecule has 1 heterocycles. The highest BCUT2D eigenvalue weighted by Gasteiger charge is 2.20. The zero-order chi connectivity index (χ0) is 15.3. The lowest BCUT2D eigenvalue weighted by molar-refractivity contribution is -0.128. The van der Waals surface area contributed by atoms with Crippen molar-refractivity contribution >= 4 is 5.91 Å². The minimum atomic E-state index is -0.342. The molecular formula is C17H26N2O2. The molecule has 4 heteroatoms. The molecule has 0 saturated carbocycles. The minimum absolute atomic E-state index is 0.0843. The van der Waals surface area contributed by atoms with Crippen LogP contribution in [0.1, 0.15) is 31.9 Å². The summed E-state index contributed by atoms with van der Waals surface area (Å²) in [5, 5.41) is 3.00. The lowest BCUT2D eigenvalue weighted by Crippen LogP contribution is -2.35. The van der Waals surface area contributed by atoms with Crippen LogP contribution in [0, 0.1) is 5.41 Å². The summed E-state index contributed by atoms with van der Waals surface area (Å²) < 4.78 is 5.37. The second kappa shape index (κ2) is 7.05. The second-order valence-electron chi connectivity index (χ2n) is 6.64. The normalized spacial score (nSPS) is 16.7. The van der Waals surface area contributed by atoms with E-state index in [2.05, 4.69) is 34.5 Å². The molecule has 0 spiro atoms. The number of ether oxygens (including phenoxy) is 1. The Morgan fingerprint density at radius 2 is 1.90 bits per heavy atom. The summed E-state index contributed by atoms with van der Waals surface area (Å²) in [7, 11) is 0. The Hall–Kier alpha value is -1.39. The summed E-state index contributed by atoms with van der Waals surface area (Å²) in [6.07, 6.45) is 0. The molecule has 1 aliphatic heterocycles. The molecule has 1 amide bonds. The molecule has 21 heavy (non-hydrogen) atoms. The van der Waals surface area contributed by atoms with Gasteiger partial charge in [-0.05, 0) is 11.1 Å². The fourth-order valence-corrected chi connectivity index (χ4v) is 2.30. The first-order valence-electron chi connectivity index (χ1n) is 7.61. The van der Waals surface area contributed by atoms with Gasteiger partial charge in [0.25, 0.3) is 0 Å². The van der Waals surface area contributed by atoms with E-state index >= 15 is 0 Å². The Morgan fingerprint density at radius 1 is 1.24 bits per heavy atom. The topological polar surface area (TPSA) is 41.6 Å². The summed E-state index contributed by atoms with van der Waals surface area (Å²) in [4.78, 5) is 14.3. The average molecular weight is 290 g/mol. The van der Waals surface area contributed by atoms with Gasteiger partial charge in [0.05, 0.1) is 13.2 Å². The van der Waals surface area contributed by atoms with Crippen LogP contribution < -0.4 is 5.32 Å². The molecule has 1 N–H and O–H groups in total. The van der Waals surface area contributed by atoms with Gasteiger partial charge < -0.3 is 10.1 Å². The molecule has 1 aromatic rings. The molecule has 2 rings (SSSR count). The third-order valence-corrected chi connectivity index (χ3v) is 3.64. The second-order valence-corrected chi connectivity index (χ2v) is 6.64. The van der Waals surface area contributed by atoms with E-state index in [0.717, 1.165) is 38.4 Å². The summed E-state index contributed by atoms with van der Waals surface area (Å²) in [6.45, 7) is 10.9. The van der Waals surface area contributed by atoms with Gasteiger partial charge in [-0.2, -0.15) is 0 Å². The van der Waals surface area contributed by atoms with Crippen molar-refractivity contribution < 1.29 is 9.53 Å². The first kappa shape index (κ1) is 16.0. The van der Waals surface area contributed by atoms with Gasteiger partial charge in [0.1, 0.15) is 0 Å². The summed E-state index contributed by atoms with van der Waals surface area (Å²) in [6, 6.07) is 8.45. The number of benzene rings is 1. The predicted molar refractivity (Wildman–Crippen MR) is 83.8 cm³/mol. The maximum absolute atomic E-state index is 11.9. The first-order valence-corrected chi connectivity index (χ1v) is 7.61. The molecule has 0 aliphatic carbocycles. The average Bonchev–Trinajstić information content (AvgIpc) is 2.45. The van der Waals surface area contributed by atoms with Crippen LogP contribution >= 0.6 is 0 Å². The van der Waals surface area contributed by atoms with E-state index in [1.165, 1.54) is 5.56 Å². The lowest BCUT2D eigenvalue weighted by Gasteiger charge is -2.26. The van der Waals surface area contributed by atoms with Crippen molar-refractivity contribution in [3.05, 3.63) is 35.4 Å². The van der Waals surface area contributed by atoms with Crippen molar-refractivity contribution in [2.24, 2.45) is 5.41 Å². The molecule has 1 aromatic carbocycles. The molecule has 1 saturated heterocycles. The van der Waals surface area contributed by atoms with Gasteiger partial charge in [0, 0.05) is 31.6 Å². The van der Waals surface area contributed by atoms with E-state index in [-0.39, 0.29) is 11.3 Å². The highest BCUT2D eigenvalue weighted by atomic mass is 16.5. The number of nitrogens with zero attached hydrogens (tertiary/aromatic N) is 1. The van der Waals surface area contributed by atoms with Gasteiger partial charge in [-0.15, -0.1) is 0 Å². The van der Waals surface area contributed by atoms with Gasteiger partial charge in [-0.1, -0.05) is 45.0 Å². The Morgan fingerprint density at radius 3 is 2.57 bits per heavy atom. The standard InChI is InChI=1S/C17H26N2O2/c1-17(2,3)16(20)18-12-14-5-4-6-15(11-14)13-19-7-9-21-10-8-19/h4-6,11H,7-10,12-13H2,1-3H3,(H,18,20). The number of hydrogen-bond donors (Lipinski definition) is 1. The first-order chi connectivity index (χ1) is 9.95. The molecule has 0 atom stereocenters. The van der Waals surface area contributed by atoms with Crippen molar-refractivity contribution in [1.82, 2.24) is 10.2 Å². The zero-order valence-corrected chi connectivity index (χ0v) is 13.3. The van der Waals surface area contributed by atoms with Crippen LogP contribution in [-0.4, -0.2) is 37.1 Å². The fourth-order valence-electron chi connectivity index (χ4n) is 2.30. The van der Waals surface area contributed by atoms with Crippen LogP contribution in [-0.2, 0) is 22.6 Å². The summed E-state index contributed by atoms with van der Waals surface area (Å²) in [5.41, 5.74) is 2.10. The number of carbonyl (C=O) groups is 1. The van der Waals surface area contributed by atoms with Crippen LogP contribution in [0.2, 0.25) is 0 Å². The fraction of sp³-hybridized carbons (Fsp3) is 0.588. The van der Waals surface area contributed by atoms with Gasteiger partial charge in [-0.25, -0.2) is 0 Å². The molecule has 0 unspecified atom stereocenters. The highest BCUT2D eigenvalue weighted by Crippen LogP contribution is 2.14. The summed E-state index contributed by atoms with van der Waals surface area (Å²) in [5.74, 6) is 0.0843. The van der Waals surface area contributed by atoms with E-state index in [1.807, 2.05) is 20.8 Å². The molecular weight excluding hydrogens is 264 g/mol. The van der Waals surface area contributed by atoms with Crippen LogP contribution in [0.15, 0.2) is 24.3 Å². The van der Waals surface area contributed by atoms with Gasteiger partial charge in [0.2, 0.25) is 5.91 Å². The van der Waals surface area contributed by atoms with E-state index in [9.17, 15) is 4.79 Å². The van der Waals surface area contributed by atoms with Crippen molar-refractivity contribution in [1.29, 1.82) is 0 Å². The van der Waals surface area contributed by atoms with Crippen molar-refractivity contribution in [3.63, 3.8) is 0 Å². The maximum atomic E-state index is 11.9. The number of amides is 1. The van der Waals surface area contributed by atoms with Crippen LogP contribution in [0.25, 0.3) is 0 Å². The lowest BCUT2D eigenvalue weighted by atomic mass is 9.95. The quantitative estimate of drug-likeness (QED) is 0.924. The molecule has 0 radical (unpaired) electrons. The predicted octanol–water partition coefficient (Wildman–Crippen LogP) is 2.18. The monoisotopic (exact) mass is 290 g/mol. The number of hydrogen-bond acceptors (Lipinski definition) is 3. The van der Waals surface area contributed by atoms with E-state index in [1.54, 1.807) is 0 Å². The highest BCUT2D eigenvalue weighted by molar-refractivity contribution is 5.81. The van der Waals surface area contributed by atoms with E-state index in [0.29, 0.717) is 6.54 Å². The molecule has 0 aromatic heterocycles. The Labute approximate surface area is 127 Å². The van der Waals surface area contributed by atoms with Crippen LogP contribution in [0.3, 0.4) is 0 Å². The Kier molecular flexibility index (Phi) is 5.37. The van der Waals surface area contributed by atoms with E-state index in [4.69, 9.17) is 4.74 Å². The molecule has 1 aliphatic rings. The van der Waals surface area contributed by atoms with Gasteiger partial charge >= 0.3 is 0 Å². The van der Waals surface area contributed by atoms with Gasteiger partial charge in [-0.3, -0.25) is 9.69 Å². The maximum Gasteiger partial charge on any atom is 0.225 e.